The van der Waals surface area contributed by atoms with Crippen LogP contribution in [-0.2, 0) is 9.59 Å². The Kier molecular flexibility index (Phi) is 5.18. The Morgan fingerprint density at radius 3 is 2.50 bits per heavy atom. The topological polar surface area (TPSA) is 88.7 Å². The van der Waals surface area contributed by atoms with Crippen molar-refractivity contribution in [2.45, 2.75) is 19.9 Å². The van der Waals surface area contributed by atoms with Gasteiger partial charge in [-0.05, 0) is 37.3 Å². The molecule has 1 aliphatic rings. The molecule has 0 saturated heterocycles. The van der Waals surface area contributed by atoms with Gasteiger partial charge in [0.25, 0.3) is 0 Å². The summed E-state index contributed by atoms with van der Waals surface area (Å²) in [6.45, 7) is 3.32. The Bertz CT molecular complexity index is 856. The largest absolute Gasteiger partial charge is 0.454 e. The highest BCUT2D eigenvalue weighted by atomic mass is 35.5. The highest BCUT2D eigenvalue weighted by Crippen LogP contribution is 2.34. The summed E-state index contributed by atoms with van der Waals surface area (Å²) in [4.78, 5) is 23.5. The van der Waals surface area contributed by atoms with Crippen LogP contribution in [0, 0.1) is 0 Å². The molecule has 0 bridgehead atoms. The summed E-state index contributed by atoms with van der Waals surface area (Å²) in [5.74, 6) is 0.835. The van der Waals surface area contributed by atoms with Crippen LogP contribution in [0.4, 0.5) is 17.1 Å². The average molecular weight is 376 g/mol. The summed E-state index contributed by atoms with van der Waals surface area (Å²) >= 11 is 6.14. The third-order valence-electron chi connectivity index (χ3n) is 3.70. The van der Waals surface area contributed by atoms with Gasteiger partial charge in [0, 0.05) is 24.4 Å². The van der Waals surface area contributed by atoms with E-state index in [9.17, 15) is 9.59 Å². The minimum Gasteiger partial charge on any atom is -0.454 e. The summed E-state index contributed by atoms with van der Waals surface area (Å²) in [5, 5.41) is 8.90. The summed E-state index contributed by atoms with van der Waals surface area (Å²) in [5.41, 5.74) is 1.80. The van der Waals surface area contributed by atoms with Gasteiger partial charge in [-0.2, -0.15) is 0 Å². The Morgan fingerprint density at radius 2 is 1.77 bits per heavy atom. The van der Waals surface area contributed by atoms with E-state index in [2.05, 4.69) is 16.0 Å². The number of amides is 2. The first-order valence-corrected chi connectivity index (χ1v) is 8.34. The third-order valence-corrected chi connectivity index (χ3v) is 4.01. The number of fused-ring (bicyclic) bond motifs is 1. The van der Waals surface area contributed by atoms with Gasteiger partial charge in [-0.1, -0.05) is 11.6 Å². The number of hydrogen-bond donors (Lipinski definition) is 3. The van der Waals surface area contributed by atoms with Crippen LogP contribution in [0.25, 0.3) is 0 Å². The number of hydrogen-bond acceptors (Lipinski definition) is 5. The predicted octanol–water partition coefficient (Wildman–Crippen LogP) is 3.47. The quantitative estimate of drug-likeness (QED) is 0.744. The van der Waals surface area contributed by atoms with Crippen LogP contribution in [0.15, 0.2) is 36.4 Å². The van der Waals surface area contributed by atoms with E-state index in [-0.39, 0.29) is 18.6 Å². The van der Waals surface area contributed by atoms with Gasteiger partial charge in [0.1, 0.15) is 6.04 Å². The number of ether oxygens (including phenoxy) is 2. The van der Waals surface area contributed by atoms with Crippen molar-refractivity contribution in [3.05, 3.63) is 41.4 Å². The van der Waals surface area contributed by atoms with E-state index >= 15 is 0 Å². The van der Waals surface area contributed by atoms with Crippen LogP contribution in [0.2, 0.25) is 5.02 Å². The minimum absolute atomic E-state index is 0.180. The molecule has 0 saturated carbocycles. The van der Waals surface area contributed by atoms with E-state index in [4.69, 9.17) is 21.1 Å². The van der Waals surface area contributed by atoms with Crippen LogP contribution in [-0.4, -0.2) is 24.6 Å². The van der Waals surface area contributed by atoms with Crippen molar-refractivity contribution in [2.75, 3.05) is 22.7 Å². The van der Waals surface area contributed by atoms with Gasteiger partial charge in [0.2, 0.25) is 18.6 Å². The normalized spacial score (nSPS) is 13.0. The number of anilines is 3. The molecule has 1 atom stereocenters. The summed E-state index contributed by atoms with van der Waals surface area (Å²) in [7, 11) is 0. The van der Waals surface area contributed by atoms with Crippen molar-refractivity contribution in [1.82, 2.24) is 0 Å². The summed E-state index contributed by atoms with van der Waals surface area (Å²) in [6, 6.07) is 9.76. The van der Waals surface area contributed by atoms with E-state index in [1.807, 2.05) is 0 Å². The molecule has 8 heteroatoms. The molecule has 26 heavy (non-hydrogen) atoms. The molecule has 0 aliphatic carbocycles. The molecule has 3 N–H and O–H groups in total. The molecule has 1 heterocycles. The molecular formula is C18H18ClN3O4. The van der Waals surface area contributed by atoms with E-state index in [1.165, 1.54) is 6.92 Å². The lowest BCUT2D eigenvalue weighted by molar-refractivity contribution is -0.116. The van der Waals surface area contributed by atoms with Crippen LogP contribution in [0.1, 0.15) is 13.8 Å². The van der Waals surface area contributed by atoms with Gasteiger partial charge in [0.05, 0.1) is 10.7 Å². The molecular weight excluding hydrogens is 358 g/mol. The Morgan fingerprint density at radius 1 is 1.04 bits per heavy atom. The van der Waals surface area contributed by atoms with E-state index in [1.54, 1.807) is 43.3 Å². The smallest absolute Gasteiger partial charge is 0.246 e. The van der Waals surface area contributed by atoms with E-state index < -0.39 is 6.04 Å². The highest BCUT2D eigenvalue weighted by molar-refractivity contribution is 6.34. The average Bonchev–Trinajstić information content (AvgIpc) is 3.04. The van der Waals surface area contributed by atoms with Gasteiger partial charge >= 0.3 is 0 Å². The van der Waals surface area contributed by atoms with E-state index in [0.29, 0.717) is 33.6 Å². The van der Waals surface area contributed by atoms with Crippen molar-refractivity contribution in [3.63, 3.8) is 0 Å². The van der Waals surface area contributed by atoms with Crippen molar-refractivity contribution in [2.24, 2.45) is 0 Å². The van der Waals surface area contributed by atoms with Crippen molar-refractivity contribution >= 4 is 40.5 Å². The molecule has 7 nitrogen and oxygen atoms in total. The third kappa shape index (κ3) is 4.18. The zero-order valence-electron chi connectivity index (χ0n) is 14.3. The molecule has 0 spiro atoms. The fraction of sp³-hybridized carbons (Fsp3) is 0.222. The van der Waals surface area contributed by atoms with E-state index in [0.717, 1.165) is 0 Å². The van der Waals surface area contributed by atoms with Gasteiger partial charge in [0.15, 0.2) is 11.5 Å². The number of benzene rings is 2. The lowest BCUT2D eigenvalue weighted by atomic mass is 10.2. The molecule has 0 radical (unpaired) electrons. The maximum atomic E-state index is 12.4. The minimum atomic E-state index is -0.511. The van der Waals surface area contributed by atoms with Crippen LogP contribution >= 0.6 is 11.6 Å². The SMILES string of the molecule is CC(=O)Nc1ccc(NC(C)C(=O)Nc2ccc3c(c2)OCO3)cc1Cl. The fourth-order valence-corrected chi connectivity index (χ4v) is 2.66. The molecule has 3 rings (SSSR count). The van der Waals surface area contributed by atoms with Gasteiger partial charge < -0.3 is 25.4 Å². The zero-order valence-corrected chi connectivity index (χ0v) is 15.0. The van der Waals surface area contributed by atoms with Crippen LogP contribution < -0.4 is 25.4 Å². The number of halogens is 1. The van der Waals surface area contributed by atoms with Gasteiger partial charge in [-0.25, -0.2) is 0 Å². The first-order valence-electron chi connectivity index (χ1n) is 7.96. The second kappa shape index (κ2) is 7.53. The van der Waals surface area contributed by atoms with Gasteiger partial charge in [-0.3, -0.25) is 9.59 Å². The summed E-state index contributed by atoms with van der Waals surface area (Å²) < 4.78 is 10.5. The fourth-order valence-electron chi connectivity index (χ4n) is 2.44. The second-order valence-corrected chi connectivity index (χ2v) is 6.21. The lowest BCUT2D eigenvalue weighted by Gasteiger charge is -2.16. The zero-order chi connectivity index (χ0) is 18.7. The lowest BCUT2D eigenvalue weighted by Crippen LogP contribution is -2.31. The maximum Gasteiger partial charge on any atom is 0.246 e. The monoisotopic (exact) mass is 375 g/mol. The predicted molar refractivity (Wildman–Crippen MR) is 100 cm³/mol. The number of rotatable bonds is 5. The molecule has 1 aliphatic heterocycles. The number of carbonyl (C=O) groups excluding carboxylic acids is 2. The van der Waals surface area contributed by atoms with Crippen molar-refractivity contribution in [3.8, 4) is 11.5 Å². The first-order chi connectivity index (χ1) is 12.4. The molecule has 1 unspecified atom stereocenters. The van der Waals surface area contributed by atoms with Crippen molar-refractivity contribution < 1.29 is 19.1 Å². The number of carbonyl (C=O) groups is 2. The highest BCUT2D eigenvalue weighted by Gasteiger charge is 2.17. The second-order valence-electron chi connectivity index (χ2n) is 5.80. The van der Waals surface area contributed by atoms with Crippen LogP contribution in [0.3, 0.4) is 0 Å². The molecule has 2 aromatic rings. The maximum absolute atomic E-state index is 12.4. The standard InChI is InChI=1S/C18H18ClN3O4/c1-10(20-12-3-5-15(14(19)7-12)21-11(2)23)18(24)22-13-4-6-16-17(8-13)26-9-25-16/h3-8,10,20H,9H2,1-2H3,(H,21,23)(H,22,24). The summed E-state index contributed by atoms with van der Waals surface area (Å²) in [6.07, 6.45) is 0. The van der Waals surface area contributed by atoms with Gasteiger partial charge in [-0.15, -0.1) is 0 Å². The Labute approximate surface area is 155 Å². The molecule has 2 amide bonds. The molecule has 0 aromatic heterocycles. The molecule has 136 valence electrons. The Balaban J connectivity index is 1.62. The Hall–Kier alpha value is -2.93. The molecule has 0 fully saturated rings. The van der Waals surface area contributed by atoms with Crippen molar-refractivity contribution in [1.29, 1.82) is 0 Å². The number of nitrogens with one attached hydrogen (secondary N) is 3. The first kappa shape index (κ1) is 17.9. The van der Waals surface area contributed by atoms with Crippen LogP contribution in [0.5, 0.6) is 11.5 Å². The molecule has 2 aromatic carbocycles.